The number of carbonyl (C=O) groups is 1. The zero-order chi connectivity index (χ0) is 22.6. The van der Waals surface area contributed by atoms with Crippen LogP contribution >= 0.6 is 0 Å². The Labute approximate surface area is 186 Å². The van der Waals surface area contributed by atoms with Crippen molar-refractivity contribution in [3.8, 4) is 6.01 Å². The van der Waals surface area contributed by atoms with Gasteiger partial charge in [-0.15, -0.1) is 0 Å². The minimum Gasteiger partial charge on any atom is -0.460 e. The normalized spacial score (nSPS) is 22.3. The van der Waals surface area contributed by atoms with Gasteiger partial charge in [-0.3, -0.25) is 4.79 Å². The van der Waals surface area contributed by atoms with Crippen molar-refractivity contribution in [2.75, 3.05) is 26.3 Å². The van der Waals surface area contributed by atoms with Gasteiger partial charge in [0.2, 0.25) is 10.0 Å². The monoisotopic (exact) mass is 464 g/mol. The lowest BCUT2D eigenvalue weighted by molar-refractivity contribution is 0.0730. The third-order valence-corrected chi connectivity index (χ3v) is 7.52. The topological polar surface area (TPSA) is 111 Å². The van der Waals surface area contributed by atoms with Gasteiger partial charge in [0, 0.05) is 24.7 Å². The summed E-state index contributed by atoms with van der Waals surface area (Å²) in [5, 5.41) is 3.00. The van der Waals surface area contributed by atoms with Crippen molar-refractivity contribution < 1.29 is 27.1 Å². The highest BCUT2D eigenvalue weighted by atomic mass is 32.2. The fourth-order valence-electron chi connectivity index (χ4n) is 3.82. The van der Waals surface area contributed by atoms with Crippen LogP contribution in [0.1, 0.15) is 36.0 Å². The maximum absolute atomic E-state index is 12.9. The Bertz CT molecular complexity index is 1020. The molecule has 32 heavy (non-hydrogen) atoms. The Balaban J connectivity index is 1.28. The van der Waals surface area contributed by atoms with Gasteiger partial charge in [0.1, 0.15) is 6.10 Å². The van der Waals surface area contributed by atoms with Crippen molar-refractivity contribution in [1.82, 2.24) is 19.6 Å². The van der Waals surface area contributed by atoms with Crippen LogP contribution in [-0.2, 0) is 14.8 Å². The highest BCUT2D eigenvalue weighted by molar-refractivity contribution is 7.89. The lowest BCUT2D eigenvalue weighted by Crippen LogP contribution is -2.40. The molecule has 1 saturated heterocycles. The number of rotatable bonds is 6. The first-order valence-corrected chi connectivity index (χ1v) is 12.0. The molecule has 0 atom stereocenters. The molecule has 0 bridgehead atoms. The molecule has 1 N–H and O–H groups in total. The molecular weight excluding hydrogens is 439 g/mol. The molecule has 172 valence electrons. The number of hydrogen-bond donors (Lipinski definition) is 1. The number of carbonyl (C=O) groups excluding carboxylic acids is 1. The van der Waals surface area contributed by atoms with Gasteiger partial charge < -0.3 is 14.8 Å². The van der Waals surface area contributed by atoms with Crippen molar-refractivity contribution in [3.05, 3.63) is 48.0 Å². The van der Waals surface area contributed by atoms with Gasteiger partial charge in [0.25, 0.3) is 5.91 Å². The minimum absolute atomic E-state index is 0.00625. The molecule has 1 aliphatic carbocycles. The standard InChI is InChI=1S/C21H25FN4O5S/c22-16-13-23-21(24-14-16)31-18-5-3-17(4-6-18)25-20(27)15-1-7-19(8-2-15)32(28,29)26-9-11-30-12-10-26/h1-2,7-8,13-14,17-18H,3-6,9-12H2,(H,25,27). The van der Waals surface area contributed by atoms with Crippen molar-refractivity contribution in [1.29, 1.82) is 0 Å². The number of halogens is 1. The van der Waals surface area contributed by atoms with Crippen LogP contribution in [0.2, 0.25) is 0 Å². The molecule has 1 aromatic heterocycles. The molecule has 2 aromatic rings. The van der Waals surface area contributed by atoms with Crippen LogP contribution in [0.4, 0.5) is 4.39 Å². The molecular formula is C21H25FN4O5S. The predicted molar refractivity (Wildman–Crippen MR) is 112 cm³/mol. The lowest BCUT2D eigenvalue weighted by Gasteiger charge is -2.29. The Kier molecular flexibility index (Phi) is 6.97. The number of nitrogens with one attached hydrogen (secondary N) is 1. The summed E-state index contributed by atoms with van der Waals surface area (Å²) in [4.78, 5) is 20.4. The van der Waals surface area contributed by atoms with E-state index in [4.69, 9.17) is 9.47 Å². The van der Waals surface area contributed by atoms with Gasteiger partial charge in [0.05, 0.1) is 30.5 Å². The van der Waals surface area contributed by atoms with Crippen LogP contribution in [0.3, 0.4) is 0 Å². The van der Waals surface area contributed by atoms with Crippen LogP contribution in [0.25, 0.3) is 0 Å². The fraction of sp³-hybridized carbons (Fsp3) is 0.476. The number of amides is 1. The molecule has 2 aliphatic rings. The first-order chi connectivity index (χ1) is 15.4. The van der Waals surface area contributed by atoms with E-state index in [0.717, 1.165) is 25.2 Å². The number of aromatic nitrogens is 2. The van der Waals surface area contributed by atoms with E-state index in [-0.39, 0.29) is 29.0 Å². The van der Waals surface area contributed by atoms with Crippen LogP contribution in [-0.4, -0.2) is 67.0 Å². The van der Waals surface area contributed by atoms with E-state index >= 15 is 0 Å². The summed E-state index contributed by atoms with van der Waals surface area (Å²) < 4.78 is 50.5. The molecule has 1 aromatic carbocycles. The second-order valence-corrected chi connectivity index (χ2v) is 9.73. The van der Waals surface area contributed by atoms with E-state index in [2.05, 4.69) is 15.3 Å². The third-order valence-electron chi connectivity index (χ3n) is 5.60. The zero-order valence-electron chi connectivity index (χ0n) is 17.4. The van der Waals surface area contributed by atoms with Crippen LogP contribution in [0, 0.1) is 5.82 Å². The molecule has 1 amide bonds. The van der Waals surface area contributed by atoms with E-state index in [1.165, 1.54) is 28.6 Å². The summed E-state index contributed by atoms with van der Waals surface area (Å²) in [7, 11) is -3.59. The zero-order valence-corrected chi connectivity index (χ0v) is 18.3. The van der Waals surface area contributed by atoms with E-state index in [1.807, 2.05) is 0 Å². The maximum Gasteiger partial charge on any atom is 0.316 e. The van der Waals surface area contributed by atoms with Crippen molar-refractivity contribution >= 4 is 15.9 Å². The van der Waals surface area contributed by atoms with E-state index < -0.39 is 15.8 Å². The fourth-order valence-corrected chi connectivity index (χ4v) is 5.23. The molecule has 2 fully saturated rings. The van der Waals surface area contributed by atoms with Gasteiger partial charge in [-0.05, 0) is 49.9 Å². The summed E-state index contributed by atoms with van der Waals surface area (Å²) in [6.45, 7) is 1.41. The Hall–Kier alpha value is -2.63. The van der Waals surface area contributed by atoms with Gasteiger partial charge >= 0.3 is 6.01 Å². The highest BCUT2D eigenvalue weighted by Crippen LogP contribution is 2.23. The number of nitrogens with zero attached hydrogens (tertiary/aromatic N) is 3. The summed E-state index contributed by atoms with van der Waals surface area (Å²) in [5.74, 6) is -0.762. The first-order valence-electron chi connectivity index (χ1n) is 10.5. The first kappa shape index (κ1) is 22.6. The Morgan fingerprint density at radius 1 is 1.06 bits per heavy atom. The quantitative estimate of drug-likeness (QED) is 0.693. The molecule has 1 saturated carbocycles. The van der Waals surface area contributed by atoms with Gasteiger partial charge in [-0.2, -0.15) is 4.31 Å². The number of benzene rings is 1. The highest BCUT2D eigenvalue weighted by Gasteiger charge is 2.27. The average molecular weight is 465 g/mol. The van der Waals surface area contributed by atoms with E-state index in [0.29, 0.717) is 44.7 Å². The Morgan fingerprint density at radius 2 is 1.69 bits per heavy atom. The van der Waals surface area contributed by atoms with Crippen molar-refractivity contribution in [3.63, 3.8) is 0 Å². The molecule has 0 unspecified atom stereocenters. The van der Waals surface area contributed by atoms with E-state index in [1.54, 1.807) is 0 Å². The molecule has 2 heterocycles. The summed E-state index contributed by atoms with van der Waals surface area (Å²) in [5.41, 5.74) is 0.406. The average Bonchev–Trinajstić information content (AvgIpc) is 2.82. The maximum atomic E-state index is 12.9. The predicted octanol–water partition coefficient (Wildman–Crippen LogP) is 1.76. The number of hydrogen-bond acceptors (Lipinski definition) is 7. The molecule has 0 radical (unpaired) electrons. The van der Waals surface area contributed by atoms with Crippen molar-refractivity contribution in [2.45, 2.75) is 42.7 Å². The molecule has 11 heteroatoms. The molecule has 4 rings (SSSR count). The van der Waals surface area contributed by atoms with Crippen LogP contribution in [0.15, 0.2) is 41.6 Å². The second-order valence-electron chi connectivity index (χ2n) is 7.79. The van der Waals surface area contributed by atoms with Gasteiger partial charge in [-0.25, -0.2) is 22.8 Å². The summed E-state index contributed by atoms with van der Waals surface area (Å²) in [6, 6.07) is 6.13. The third kappa shape index (κ3) is 5.40. The van der Waals surface area contributed by atoms with Crippen LogP contribution in [0.5, 0.6) is 6.01 Å². The molecule has 0 spiro atoms. The smallest absolute Gasteiger partial charge is 0.316 e. The number of morpholine rings is 1. The molecule has 1 aliphatic heterocycles. The van der Waals surface area contributed by atoms with E-state index in [9.17, 15) is 17.6 Å². The number of sulfonamides is 1. The SMILES string of the molecule is O=C(NC1CCC(Oc2ncc(F)cn2)CC1)c1ccc(S(=O)(=O)N2CCOCC2)cc1. The second kappa shape index (κ2) is 9.88. The summed E-state index contributed by atoms with van der Waals surface area (Å²) >= 11 is 0. The minimum atomic E-state index is -3.59. The van der Waals surface area contributed by atoms with Gasteiger partial charge in [-0.1, -0.05) is 0 Å². The van der Waals surface area contributed by atoms with Crippen LogP contribution < -0.4 is 10.1 Å². The number of ether oxygens (including phenoxy) is 2. The van der Waals surface area contributed by atoms with Crippen molar-refractivity contribution in [2.24, 2.45) is 0 Å². The Morgan fingerprint density at radius 3 is 2.31 bits per heavy atom. The summed E-state index contributed by atoms with van der Waals surface area (Å²) in [6.07, 6.45) is 4.91. The molecule has 9 nitrogen and oxygen atoms in total. The largest absolute Gasteiger partial charge is 0.460 e. The lowest BCUT2D eigenvalue weighted by atomic mass is 9.92. The van der Waals surface area contributed by atoms with Gasteiger partial charge in [0.15, 0.2) is 5.82 Å².